The van der Waals surface area contributed by atoms with Gasteiger partial charge in [-0.15, -0.1) is 0 Å². The van der Waals surface area contributed by atoms with Crippen molar-refractivity contribution in [2.75, 3.05) is 0 Å². The number of carbonyl (C=O) groups excluding carboxylic acids is 1. The molecule has 1 atom stereocenters. The van der Waals surface area contributed by atoms with E-state index in [1.54, 1.807) is 6.20 Å². The van der Waals surface area contributed by atoms with E-state index in [0.29, 0.717) is 12.4 Å². The third-order valence-corrected chi connectivity index (χ3v) is 5.84. The molecule has 0 aliphatic heterocycles. The fraction of sp³-hybridized carbons (Fsp3) is 0.143. The van der Waals surface area contributed by atoms with Gasteiger partial charge in [0.2, 0.25) is 0 Å². The molecule has 6 heteroatoms. The Morgan fingerprint density at radius 3 is 2.50 bits per heavy atom. The molecular formula is C28H26N4O2. The summed E-state index contributed by atoms with van der Waals surface area (Å²) >= 11 is 0. The fourth-order valence-electron chi connectivity index (χ4n) is 4.02. The van der Waals surface area contributed by atoms with Crippen molar-refractivity contribution in [2.45, 2.75) is 25.6 Å². The van der Waals surface area contributed by atoms with Crippen LogP contribution in [0.2, 0.25) is 0 Å². The quantitative estimate of drug-likeness (QED) is 0.258. The highest BCUT2D eigenvalue weighted by Crippen LogP contribution is 2.23. The number of hydrogen-bond acceptors (Lipinski definition) is 4. The average Bonchev–Trinajstić information content (AvgIpc) is 3.54. The summed E-state index contributed by atoms with van der Waals surface area (Å²) in [5.41, 5.74) is 5.13. The SMILES string of the molecule is O=C(C[C@H](NCc1c[nH]c2ccccc12)c1ncc(-c2ccccc2)[nH]1)OCc1ccccc1. The lowest BCUT2D eigenvalue weighted by Gasteiger charge is -2.16. The molecule has 3 aromatic carbocycles. The molecule has 0 saturated carbocycles. The first kappa shape index (κ1) is 21.7. The first-order valence-corrected chi connectivity index (χ1v) is 11.3. The smallest absolute Gasteiger partial charge is 0.308 e. The fourth-order valence-corrected chi connectivity index (χ4v) is 4.02. The predicted octanol–water partition coefficient (Wildman–Crippen LogP) is 5.52. The molecule has 3 N–H and O–H groups in total. The van der Waals surface area contributed by atoms with Crippen LogP contribution in [-0.2, 0) is 22.7 Å². The Kier molecular flexibility index (Phi) is 6.49. The second-order valence-electron chi connectivity index (χ2n) is 8.19. The van der Waals surface area contributed by atoms with E-state index in [9.17, 15) is 4.79 Å². The van der Waals surface area contributed by atoms with E-state index in [-0.39, 0.29) is 25.0 Å². The van der Waals surface area contributed by atoms with Gasteiger partial charge in [-0.25, -0.2) is 4.98 Å². The van der Waals surface area contributed by atoms with Crippen LogP contribution in [0.1, 0.15) is 29.4 Å². The molecule has 0 bridgehead atoms. The molecule has 0 unspecified atom stereocenters. The second kappa shape index (κ2) is 10.2. The molecule has 34 heavy (non-hydrogen) atoms. The minimum atomic E-state index is -0.325. The van der Waals surface area contributed by atoms with Crippen molar-refractivity contribution in [3.05, 3.63) is 114 Å². The number of esters is 1. The number of rotatable bonds is 9. The molecule has 0 saturated heterocycles. The monoisotopic (exact) mass is 450 g/mol. The maximum absolute atomic E-state index is 12.7. The lowest BCUT2D eigenvalue weighted by atomic mass is 10.1. The normalized spacial score (nSPS) is 12.0. The van der Waals surface area contributed by atoms with Crippen molar-refractivity contribution in [1.82, 2.24) is 20.3 Å². The lowest BCUT2D eigenvalue weighted by molar-refractivity contribution is -0.145. The highest BCUT2D eigenvalue weighted by molar-refractivity contribution is 5.83. The Bertz CT molecular complexity index is 1360. The van der Waals surface area contributed by atoms with Crippen LogP contribution in [0, 0.1) is 0 Å². The number of H-pyrrole nitrogens is 2. The van der Waals surface area contributed by atoms with E-state index in [1.165, 1.54) is 0 Å². The third-order valence-electron chi connectivity index (χ3n) is 5.84. The molecular weight excluding hydrogens is 424 g/mol. The van der Waals surface area contributed by atoms with Gasteiger partial charge >= 0.3 is 5.97 Å². The predicted molar refractivity (Wildman–Crippen MR) is 133 cm³/mol. The van der Waals surface area contributed by atoms with Crippen LogP contribution in [0.25, 0.3) is 22.2 Å². The van der Waals surface area contributed by atoms with Crippen molar-refractivity contribution in [2.24, 2.45) is 0 Å². The average molecular weight is 451 g/mol. The van der Waals surface area contributed by atoms with Gasteiger partial charge < -0.3 is 20.0 Å². The molecule has 0 amide bonds. The Labute approximate surface area is 198 Å². The largest absolute Gasteiger partial charge is 0.461 e. The van der Waals surface area contributed by atoms with E-state index >= 15 is 0 Å². The van der Waals surface area contributed by atoms with Crippen LogP contribution >= 0.6 is 0 Å². The Morgan fingerprint density at radius 1 is 0.941 bits per heavy atom. The van der Waals surface area contributed by atoms with E-state index in [0.717, 1.165) is 33.3 Å². The maximum Gasteiger partial charge on any atom is 0.308 e. The minimum absolute atomic E-state index is 0.164. The van der Waals surface area contributed by atoms with Crippen LogP contribution in [-0.4, -0.2) is 20.9 Å². The molecule has 5 aromatic rings. The molecule has 170 valence electrons. The Balaban J connectivity index is 1.33. The van der Waals surface area contributed by atoms with Gasteiger partial charge in [-0.3, -0.25) is 4.79 Å². The number of ether oxygens (including phenoxy) is 1. The summed E-state index contributed by atoms with van der Waals surface area (Å²) in [6, 6.07) is 27.6. The Morgan fingerprint density at radius 2 is 1.68 bits per heavy atom. The number of nitrogens with zero attached hydrogens (tertiary/aromatic N) is 1. The van der Waals surface area contributed by atoms with Gasteiger partial charge in [-0.05, 0) is 22.8 Å². The molecule has 5 rings (SSSR count). The number of benzene rings is 3. The van der Waals surface area contributed by atoms with Gasteiger partial charge in [0.15, 0.2) is 0 Å². The summed E-state index contributed by atoms with van der Waals surface area (Å²) < 4.78 is 5.55. The van der Waals surface area contributed by atoms with Crippen LogP contribution in [0.4, 0.5) is 0 Å². The van der Waals surface area contributed by atoms with Gasteiger partial charge in [-0.2, -0.15) is 0 Å². The lowest BCUT2D eigenvalue weighted by Crippen LogP contribution is -2.25. The van der Waals surface area contributed by atoms with Crippen LogP contribution in [0.3, 0.4) is 0 Å². The number of nitrogens with one attached hydrogen (secondary N) is 3. The summed E-state index contributed by atoms with van der Waals surface area (Å²) in [4.78, 5) is 24.0. The summed E-state index contributed by atoms with van der Waals surface area (Å²) in [7, 11) is 0. The third kappa shape index (κ3) is 5.08. The van der Waals surface area contributed by atoms with Gasteiger partial charge in [-0.1, -0.05) is 78.9 Å². The van der Waals surface area contributed by atoms with Crippen molar-refractivity contribution < 1.29 is 9.53 Å². The molecule has 0 aliphatic carbocycles. The second-order valence-corrected chi connectivity index (χ2v) is 8.19. The van der Waals surface area contributed by atoms with Gasteiger partial charge in [0, 0.05) is 23.6 Å². The van der Waals surface area contributed by atoms with E-state index in [1.807, 2.05) is 79.0 Å². The zero-order chi connectivity index (χ0) is 23.2. The van der Waals surface area contributed by atoms with Crippen molar-refractivity contribution in [3.63, 3.8) is 0 Å². The van der Waals surface area contributed by atoms with Crippen molar-refractivity contribution >= 4 is 16.9 Å². The molecule has 0 fully saturated rings. The summed E-state index contributed by atoms with van der Waals surface area (Å²) in [5.74, 6) is 0.424. The number of imidazole rings is 1. The molecule has 0 radical (unpaired) electrons. The Hall–Kier alpha value is -4.16. The molecule has 2 heterocycles. The number of para-hydroxylation sites is 1. The molecule has 2 aromatic heterocycles. The number of aromatic amines is 2. The minimum Gasteiger partial charge on any atom is -0.461 e. The molecule has 6 nitrogen and oxygen atoms in total. The summed E-state index contributed by atoms with van der Waals surface area (Å²) in [5, 5.41) is 4.67. The van der Waals surface area contributed by atoms with E-state index in [4.69, 9.17) is 4.74 Å². The topological polar surface area (TPSA) is 82.8 Å². The summed E-state index contributed by atoms with van der Waals surface area (Å²) in [6.07, 6.45) is 3.97. The first-order valence-electron chi connectivity index (χ1n) is 11.3. The van der Waals surface area contributed by atoms with Crippen molar-refractivity contribution in [3.8, 4) is 11.3 Å². The van der Waals surface area contributed by atoms with E-state index in [2.05, 4.69) is 32.4 Å². The van der Waals surface area contributed by atoms with Gasteiger partial charge in [0.25, 0.3) is 0 Å². The zero-order valence-corrected chi connectivity index (χ0v) is 18.7. The number of hydrogen-bond donors (Lipinski definition) is 3. The molecule has 0 aliphatic rings. The van der Waals surface area contributed by atoms with Gasteiger partial charge in [0.1, 0.15) is 12.4 Å². The summed E-state index contributed by atoms with van der Waals surface area (Å²) in [6.45, 7) is 0.838. The number of aromatic nitrogens is 3. The van der Waals surface area contributed by atoms with Crippen molar-refractivity contribution in [1.29, 1.82) is 0 Å². The standard InChI is InChI=1S/C28H26N4O2/c33-27(34-19-20-9-3-1-4-10-20)15-25(28-31-18-26(32-28)21-11-5-2-6-12-21)30-17-22-16-29-24-14-8-7-13-23(22)24/h1-14,16,18,25,29-30H,15,17,19H2,(H,31,32)/t25-/m0/s1. The molecule has 0 spiro atoms. The maximum atomic E-state index is 12.7. The van der Waals surface area contributed by atoms with Gasteiger partial charge in [0.05, 0.1) is 24.4 Å². The highest BCUT2D eigenvalue weighted by atomic mass is 16.5. The van der Waals surface area contributed by atoms with Crippen LogP contribution in [0.15, 0.2) is 97.3 Å². The van der Waals surface area contributed by atoms with Crippen LogP contribution < -0.4 is 5.32 Å². The zero-order valence-electron chi connectivity index (χ0n) is 18.7. The van der Waals surface area contributed by atoms with Crippen LogP contribution in [0.5, 0.6) is 0 Å². The van der Waals surface area contributed by atoms with E-state index < -0.39 is 0 Å². The highest BCUT2D eigenvalue weighted by Gasteiger charge is 2.21. The number of carbonyl (C=O) groups is 1. The first-order chi connectivity index (χ1) is 16.8. The number of fused-ring (bicyclic) bond motifs is 1.